The number of thioether (sulfide) groups is 1. The molecule has 1 heterocycles. The Morgan fingerprint density at radius 2 is 1.66 bits per heavy atom. The van der Waals surface area contributed by atoms with Crippen molar-refractivity contribution >= 4 is 40.6 Å². The molecule has 1 atom stereocenters. The van der Waals surface area contributed by atoms with E-state index in [9.17, 15) is 9.59 Å². The van der Waals surface area contributed by atoms with E-state index in [0.717, 1.165) is 16.8 Å². The fraction of sp³-hybridized carbons (Fsp3) is 0.233. The molecule has 0 bridgehead atoms. The van der Waals surface area contributed by atoms with Gasteiger partial charge in [0.05, 0.1) is 29.8 Å². The molecule has 196 valence electrons. The molecule has 1 amide bonds. The third kappa shape index (κ3) is 6.63. The predicted octanol–water partition coefficient (Wildman–Crippen LogP) is 6.39. The first kappa shape index (κ1) is 27.0. The van der Waals surface area contributed by atoms with Gasteiger partial charge in [-0.15, -0.1) is 0 Å². The first-order valence-electron chi connectivity index (χ1n) is 12.5. The smallest absolute Gasteiger partial charge is 0.344 e. The first-order chi connectivity index (χ1) is 18.5. The van der Waals surface area contributed by atoms with Crippen molar-refractivity contribution in [2.45, 2.75) is 26.8 Å². The van der Waals surface area contributed by atoms with Crippen LogP contribution in [0.2, 0.25) is 0 Å². The quantitative estimate of drug-likeness (QED) is 0.223. The van der Waals surface area contributed by atoms with Crippen molar-refractivity contribution in [3.8, 4) is 11.5 Å². The molecule has 0 unspecified atom stereocenters. The highest BCUT2D eigenvalue weighted by Crippen LogP contribution is 2.40. The molecule has 0 aliphatic carbocycles. The van der Waals surface area contributed by atoms with Gasteiger partial charge < -0.3 is 14.2 Å². The molecule has 7 nitrogen and oxygen atoms in total. The van der Waals surface area contributed by atoms with E-state index in [1.807, 2.05) is 86.7 Å². The summed E-state index contributed by atoms with van der Waals surface area (Å²) in [6.07, 6.45) is 1.82. The lowest BCUT2D eigenvalue weighted by atomic mass is 10.1. The van der Waals surface area contributed by atoms with Crippen LogP contribution in [0.15, 0.2) is 88.8 Å². The molecule has 0 N–H and O–H groups in total. The molecule has 0 radical (unpaired) electrons. The molecule has 1 saturated heterocycles. The third-order valence-electron chi connectivity index (χ3n) is 5.70. The lowest BCUT2D eigenvalue weighted by Gasteiger charge is -2.24. The standard InChI is InChI=1S/C30H30N2O5S/c1-4-35-26-18-22(16-17-25(26)37-20-28(33)36-5-2)19-27-29(34)32(21(3)23-12-8-6-9-13-23)30(38-27)31-24-14-10-7-11-15-24/h6-19,21H,4-5,20H2,1-3H3/b27-19+,31-30?/t21-/m1/s1. The van der Waals surface area contributed by atoms with Gasteiger partial charge in [0.25, 0.3) is 5.91 Å². The van der Waals surface area contributed by atoms with Crippen LogP contribution in [0.5, 0.6) is 11.5 Å². The summed E-state index contributed by atoms with van der Waals surface area (Å²) in [5, 5.41) is 0.614. The fourth-order valence-corrected chi connectivity index (χ4v) is 4.96. The molecule has 1 aliphatic heterocycles. The van der Waals surface area contributed by atoms with E-state index in [1.54, 1.807) is 24.0 Å². The second kappa shape index (κ2) is 13.0. The van der Waals surface area contributed by atoms with Crippen LogP contribution >= 0.6 is 11.8 Å². The van der Waals surface area contributed by atoms with Crippen LogP contribution in [-0.2, 0) is 14.3 Å². The Kier molecular flexibility index (Phi) is 9.21. The zero-order valence-corrected chi connectivity index (χ0v) is 22.4. The molecule has 1 aliphatic rings. The second-order valence-corrected chi connectivity index (χ2v) is 9.34. The minimum Gasteiger partial charge on any atom is -0.490 e. The normalized spacial score (nSPS) is 16.1. The van der Waals surface area contributed by atoms with E-state index in [0.29, 0.717) is 28.2 Å². The number of para-hydroxylation sites is 1. The van der Waals surface area contributed by atoms with Gasteiger partial charge in [0, 0.05) is 0 Å². The van der Waals surface area contributed by atoms with Gasteiger partial charge in [-0.2, -0.15) is 0 Å². The van der Waals surface area contributed by atoms with Crippen molar-refractivity contribution in [1.29, 1.82) is 0 Å². The summed E-state index contributed by atoms with van der Waals surface area (Å²) in [4.78, 5) is 32.5. The van der Waals surface area contributed by atoms with Crippen LogP contribution in [0.3, 0.4) is 0 Å². The zero-order chi connectivity index (χ0) is 26.9. The summed E-state index contributed by atoms with van der Waals surface area (Å²) in [6, 6.07) is 24.6. The molecule has 0 saturated carbocycles. The van der Waals surface area contributed by atoms with Crippen molar-refractivity contribution < 1.29 is 23.8 Å². The summed E-state index contributed by atoms with van der Waals surface area (Å²) in [5.41, 5.74) is 2.56. The Balaban J connectivity index is 1.65. The number of amides is 1. The average molecular weight is 531 g/mol. The number of hydrogen-bond donors (Lipinski definition) is 0. The van der Waals surface area contributed by atoms with E-state index < -0.39 is 5.97 Å². The number of amidine groups is 1. The number of carbonyl (C=O) groups excluding carboxylic acids is 2. The largest absolute Gasteiger partial charge is 0.490 e. The van der Waals surface area contributed by atoms with Crippen LogP contribution in [0, 0.1) is 0 Å². The number of nitrogens with zero attached hydrogens (tertiary/aromatic N) is 2. The topological polar surface area (TPSA) is 77.4 Å². The number of aliphatic imine (C=N–C) groups is 1. The number of esters is 1. The van der Waals surface area contributed by atoms with Crippen molar-refractivity contribution in [1.82, 2.24) is 4.90 Å². The lowest BCUT2D eigenvalue weighted by Crippen LogP contribution is -2.32. The van der Waals surface area contributed by atoms with Gasteiger partial charge in [-0.05, 0) is 74.0 Å². The monoisotopic (exact) mass is 530 g/mol. The van der Waals surface area contributed by atoms with Gasteiger partial charge in [0.1, 0.15) is 0 Å². The maximum Gasteiger partial charge on any atom is 0.344 e. The van der Waals surface area contributed by atoms with Crippen LogP contribution < -0.4 is 9.47 Å². The van der Waals surface area contributed by atoms with E-state index in [1.165, 1.54) is 11.8 Å². The zero-order valence-electron chi connectivity index (χ0n) is 21.6. The summed E-state index contributed by atoms with van der Waals surface area (Å²) < 4.78 is 16.3. The van der Waals surface area contributed by atoms with Crippen LogP contribution in [-0.4, -0.2) is 41.8 Å². The van der Waals surface area contributed by atoms with Crippen LogP contribution in [0.25, 0.3) is 6.08 Å². The van der Waals surface area contributed by atoms with Crippen molar-refractivity contribution in [2.24, 2.45) is 4.99 Å². The van der Waals surface area contributed by atoms with E-state index in [-0.39, 0.29) is 25.2 Å². The summed E-state index contributed by atoms with van der Waals surface area (Å²) >= 11 is 1.34. The van der Waals surface area contributed by atoms with Gasteiger partial charge in [0.15, 0.2) is 23.3 Å². The fourth-order valence-electron chi connectivity index (χ4n) is 3.89. The highest BCUT2D eigenvalue weighted by atomic mass is 32.2. The average Bonchev–Trinajstić information content (AvgIpc) is 3.23. The van der Waals surface area contributed by atoms with Crippen molar-refractivity contribution in [2.75, 3.05) is 19.8 Å². The molecule has 3 aromatic rings. The minimum absolute atomic E-state index is 0.123. The van der Waals surface area contributed by atoms with Gasteiger partial charge >= 0.3 is 5.97 Å². The minimum atomic E-state index is -0.452. The van der Waals surface area contributed by atoms with Gasteiger partial charge in [-0.1, -0.05) is 54.6 Å². The summed E-state index contributed by atoms with van der Waals surface area (Å²) in [5.74, 6) is 0.334. The highest BCUT2D eigenvalue weighted by Gasteiger charge is 2.37. The van der Waals surface area contributed by atoms with Crippen molar-refractivity contribution in [3.63, 3.8) is 0 Å². The molecule has 4 rings (SSSR count). The first-order valence-corrected chi connectivity index (χ1v) is 13.3. The molecule has 0 aromatic heterocycles. The van der Waals surface area contributed by atoms with E-state index in [2.05, 4.69) is 0 Å². The summed E-state index contributed by atoms with van der Waals surface area (Å²) in [7, 11) is 0. The molecule has 0 spiro atoms. The van der Waals surface area contributed by atoms with E-state index >= 15 is 0 Å². The lowest BCUT2D eigenvalue weighted by molar-refractivity contribution is -0.145. The van der Waals surface area contributed by atoms with Gasteiger partial charge in [0.2, 0.25) is 0 Å². The molecule has 8 heteroatoms. The van der Waals surface area contributed by atoms with Crippen molar-refractivity contribution in [3.05, 3.63) is 94.9 Å². The maximum absolute atomic E-state index is 13.7. The number of ether oxygens (including phenoxy) is 3. The molecular formula is C30H30N2O5S. The van der Waals surface area contributed by atoms with E-state index in [4.69, 9.17) is 19.2 Å². The Labute approximate surface area is 227 Å². The predicted molar refractivity (Wildman–Crippen MR) is 151 cm³/mol. The molecule has 3 aromatic carbocycles. The Morgan fingerprint density at radius 1 is 0.947 bits per heavy atom. The number of carbonyl (C=O) groups is 2. The Hall–Kier alpha value is -4.04. The SMILES string of the molecule is CCOC(=O)COc1ccc(/C=C2/SC(=Nc3ccccc3)N([C@H](C)c3ccccc3)C2=O)cc1OCC. The Bertz CT molecular complexity index is 1320. The van der Waals surface area contributed by atoms with Crippen LogP contribution in [0.1, 0.15) is 37.9 Å². The third-order valence-corrected chi connectivity index (χ3v) is 6.69. The van der Waals surface area contributed by atoms with Crippen LogP contribution in [0.4, 0.5) is 5.69 Å². The van der Waals surface area contributed by atoms with Gasteiger partial charge in [-0.25, -0.2) is 9.79 Å². The number of rotatable bonds is 10. The molecular weight excluding hydrogens is 500 g/mol. The molecule has 38 heavy (non-hydrogen) atoms. The summed E-state index contributed by atoms with van der Waals surface area (Å²) in [6.45, 7) is 6.10. The number of hydrogen-bond acceptors (Lipinski definition) is 7. The number of benzene rings is 3. The second-order valence-electron chi connectivity index (χ2n) is 8.34. The maximum atomic E-state index is 13.7. The van der Waals surface area contributed by atoms with Gasteiger partial charge in [-0.3, -0.25) is 9.69 Å². The highest BCUT2D eigenvalue weighted by molar-refractivity contribution is 8.18. The molecule has 1 fully saturated rings. The Morgan fingerprint density at radius 3 is 2.34 bits per heavy atom.